The van der Waals surface area contributed by atoms with E-state index in [4.69, 9.17) is 16.0 Å². The van der Waals surface area contributed by atoms with Crippen molar-refractivity contribution in [3.8, 4) is 11.3 Å². The summed E-state index contributed by atoms with van der Waals surface area (Å²) >= 11 is 5.79. The molecule has 0 spiro atoms. The number of halogens is 2. The fourth-order valence-electron chi connectivity index (χ4n) is 2.65. The first kappa shape index (κ1) is 13.7. The Morgan fingerprint density at radius 2 is 2.00 bits per heavy atom. The van der Waals surface area contributed by atoms with E-state index in [2.05, 4.69) is 5.32 Å². The summed E-state index contributed by atoms with van der Waals surface area (Å²) in [6, 6.07) is 9.09. The Morgan fingerprint density at radius 1 is 1.20 bits per heavy atom. The summed E-state index contributed by atoms with van der Waals surface area (Å²) < 4.78 is 18.9. The second kappa shape index (κ2) is 5.98. The number of rotatable bonds is 4. The Morgan fingerprint density at radius 3 is 2.75 bits per heavy atom. The Kier molecular flexibility index (Phi) is 4.08. The zero-order valence-corrected chi connectivity index (χ0v) is 11.9. The van der Waals surface area contributed by atoms with Crippen LogP contribution < -0.4 is 5.32 Å². The summed E-state index contributed by atoms with van der Waals surface area (Å²) in [6.07, 6.45) is 5.13. The summed E-state index contributed by atoms with van der Waals surface area (Å²) in [5.74, 6) is 1.20. The molecular formula is C16H17ClFNO. The van der Waals surface area contributed by atoms with Crippen LogP contribution in [-0.2, 0) is 6.54 Å². The van der Waals surface area contributed by atoms with Crippen molar-refractivity contribution in [2.45, 2.75) is 38.3 Å². The van der Waals surface area contributed by atoms with Crippen molar-refractivity contribution in [2.75, 3.05) is 0 Å². The van der Waals surface area contributed by atoms with E-state index in [1.54, 1.807) is 12.1 Å². The van der Waals surface area contributed by atoms with Crippen molar-refractivity contribution in [3.63, 3.8) is 0 Å². The molecule has 1 heterocycles. The molecule has 0 bridgehead atoms. The van der Waals surface area contributed by atoms with Crippen molar-refractivity contribution >= 4 is 11.6 Å². The van der Waals surface area contributed by atoms with Crippen LogP contribution >= 0.6 is 11.6 Å². The monoisotopic (exact) mass is 293 g/mol. The summed E-state index contributed by atoms with van der Waals surface area (Å²) in [4.78, 5) is 0. The van der Waals surface area contributed by atoms with Gasteiger partial charge < -0.3 is 9.73 Å². The van der Waals surface area contributed by atoms with Gasteiger partial charge in [0.1, 0.15) is 17.3 Å². The molecule has 3 rings (SSSR count). The fourth-order valence-corrected chi connectivity index (χ4v) is 2.83. The van der Waals surface area contributed by atoms with Crippen molar-refractivity contribution < 1.29 is 8.81 Å². The molecule has 0 saturated heterocycles. The molecule has 2 nitrogen and oxygen atoms in total. The van der Waals surface area contributed by atoms with Gasteiger partial charge in [-0.1, -0.05) is 24.4 Å². The van der Waals surface area contributed by atoms with Gasteiger partial charge in [-0.05, 0) is 43.2 Å². The summed E-state index contributed by atoms with van der Waals surface area (Å²) in [6.45, 7) is 0.736. The predicted octanol–water partition coefficient (Wildman–Crippen LogP) is 4.77. The molecule has 2 aromatic rings. The molecule has 1 aromatic carbocycles. The van der Waals surface area contributed by atoms with Crippen LogP contribution in [-0.4, -0.2) is 6.04 Å². The largest absolute Gasteiger partial charge is 0.460 e. The van der Waals surface area contributed by atoms with Crippen LogP contribution in [0.2, 0.25) is 5.02 Å². The lowest BCUT2D eigenvalue weighted by Gasteiger charge is -2.09. The summed E-state index contributed by atoms with van der Waals surface area (Å²) in [7, 11) is 0. The smallest absolute Gasteiger partial charge is 0.141 e. The Balaban J connectivity index is 1.67. The van der Waals surface area contributed by atoms with Crippen LogP contribution in [0.5, 0.6) is 0 Å². The Hall–Kier alpha value is -1.32. The van der Waals surface area contributed by atoms with E-state index >= 15 is 0 Å². The van der Waals surface area contributed by atoms with Gasteiger partial charge in [0.05, 0.1) is 11.6 Å². The minimum atomic E-state index is -0.412. The highest BCUT2D eigenvalue weighted by molar-refractivity contribution is 6.31. The molecule has 1 N–H and O–H groups in total. The van der Waals surface area contributed by atoms with E-state index in [1.807, 2.05) is 12.1 Å². The average Bonchev–Trinajstić information content (AvgIpc) is 3.10. The second-order valence-electron chi connectivity index (χ2n) is 5.26. The van der Waals surface area contributed by atoms with E-state index in [-0.39, 0.29) is 5.02 Å². The van der Waals surface area contributed by atoms with Crippen LogP contribution in [0.25, 0.3) is 11.3 Å². The van der Waals surface area contributed by atoms with Crippen LogP contribution in [0.1, 0.15) is 31.4 Å². The lowest BCUT2D eigenvalue weighted by atomic mass is 10.2. The predicted molar refractivity (Wildman–Crippen MR) is 78.2 cm³/mol. The number of hydrogen-bond donors (Lipinski definition) is 1. The highest BCUT2D eigenvalue weighted by atomic mass is 35.5. The van der Waals surface area contributed by atoms with E-state index in [9.17, 15) is 4.39 Å². The molecule has 4 heteroatoms. The molecule has 0 atom stereocenters. The molecule has 1 aromatic heterocycles. The normalized spacial score (nSPS) is 15.9. The SMILES string of the molecule is Fc1ccc(-c2ccc(CNC3CCCC3)o2)cc1Cl. The van der Waals surface area contributed by atoms with Gasteiger partial charge in [0.25, 0.3) is 0 Å². The third kappa shape index (κ3) is 3.05. The van der Waals surface area contributed by atoms with E-state index < -0.39 is 5.82 Å². The zero-order valence-electron chi connectivity index (χ0n) is 11.2. The van der Waals surface area contributed by atoms with Gasteiger partial charge in [-0.25, -0.2) is 4.39 Å². The molecule has 0 radical (unpaired) electrons. The number of hydrogen-bond acceptors (Lipinski definition) is 2. The van der Waals surface area contributed by atoms with Gasteiger partial charge in [0.2, 0.25) is 0 Å². The fraction of sp³-hybridized carbons (Fsp3) is 0.375. The molecule has 0 unspecified atom stereocenters. The van der Waals surface area contributed by atoms with Crippen molar-refractivity contribution in [3.05, 3.63) is 46.9 Å². The lowest BCUT2D eigenvalue weighted by molar-refractivity contribution is 0.452. The van der Waals surface area contributed by atoms with Gasteiger partial charge in [-0.15, -0.1) is 0 Å². The number of furan rings is 1. The van der Waals surface area contributed by atoms with Crippen LogP contribution in [0.15, 0.2) is 34.7 Å². The third-order valence-corrected chi connectivity index (χ3v) is 4.08. The Labute approximate surface area is 122 Å². The number of nitrogens with one attached hydrogen (secondary N) is 1. The topological polar surface area (TPSA) is 25.2 Å². The minimum Gasteiger partial charge on any atom is -0.460 e. The molecular weight excluding hydrogens is 277 g/mol. The summed E-state index contributed by atoms with van der Waals surface area (Å²) in [5.41, 5.74) is 0.795. The first-order valence-corrected chi connectivity index (χ1v) is 7.38. The van der Waals surface area contributed by atoms with E-state index in [1.165, 1.54) is 31.7 Å². The molecule has 0 aliphatic heterocycles. The van der Waals surface area contributed by atoms with E-state index in [0.29, 0.717) is 6.04 Å². The highest BCUT2D eigenvalue weighted by Crippen LogP contribution is 2.27. The molecule has 1 saturated carbocycles. The van der Waals surface area contributed by atoms with Gasteiger partial charge in [0.15, 0.2) is 0 Å². The molecule has 1 aliphatic rings. The maximum atomic E-state index is 13.1. The van der Waals surface area contributed by atoms with Crippen LogP contribution in [0, 0.1) is 5.82 Å². The molecule has 0 amide bonds. The van der Waals surface area contributed by atoms with Crippen LogP contribution in [0.3, 0.4) is 0 Å². The molecule has 1 fully saturated rings. The maximum Gasteiger partial charge on any atom is 0.141 e. The van der Waals surface area contributed by atoms with E-state index in [0.717, 1.165) is 23.6 Å². The van der Waals surface area contributed by atoms with Crippen molar-refractivity contribution in [1.29, 1.82) is 0 Å². The van der Waals surface area contributed by atoms with Crippen LogP contribution in [0.4, 0.5) is 4.39 Å². The summed E-state index contributed by atoms with van der Waals surface area (Å²) in [5, 5.41) is 3.62. The third-order valence-electron chi connectivity index (χ3n) is 3.79. The van der Waals surface area contributed by atoms with Gasteiger partial charge >= 0.3 is 0 Å². The molecule has 106 valence electrons. The average molecular weight is 294 g/mol. The standard InChI is InChI=1S/C16H17ClFNO/c17-14-9-11(5-7-15(14)18)16-8-6-13(20-16)10-19-12-3-1-2-4-12/h5-9,12,19H,1-4,10H2. The Bertz CT molecular complexity index is 590. The van der Waals surface area contributed by atoms with Crippen molar-refractivity contribution in [1.82, 2.24) is 5.32 Å². The quantitative estimate of drug-likeness (QED) is 0.878. The van der Waals surface area contributed by atoms with Gasteiger partial charge in [-0.3, -0.25) is 0 Å². The minimum absolute atomic E-state index is 0.115. The van der Waals surface area contributed by atoms with Gasteiger partial charge in [-0.2, -0.15) is 0 Å². The highest BCUT2D eigenvalue weighted by Gasteiger charge is 2.15. The molecule has 20 heavy (non-hydrogen) atoms. The molecule has 1 aliphatic carbocycles. The number of benzene rings is 1. The first-order chi connectivity index (χ1) is 9.72. The van der Waals surface area contributed by atoms with Crippen molar-refractivity contribution in [2.24, 2.45) is 0 Å². The zero-order chi connectivity index (χ0) is 13.9. The lowest BCUT2D eigenvalue weighted by Crippen LogP contribution is -2.24. The maximum absolute atomic E-state index is 13.1. The second-order valence-corrected chi connectivity index (χ2v) is 5.66. The van der Waals surface area contributed by atoms with Gasteiger partial charge in [0, 0.05) is 11.6 Å². The first-order valence-electron chi connectivity index (χ1n) is 7.00.